The quantitative estimate of drug-likeness (QED) is 0.615. The summed E-state index contributed by atoms with van der Waals surface area (Å²) in [6.45, 7) is 1.55. The van der Waals surface area contributed by atoms with E-state index in [1.54, 1.807) is 11.8 Å². The molecule has 1 heterocycles. The van der Waals surface area contributed by atoms with Crippen LogP contribution in [0.2, 0.25) is 0 Å². The lowest BCUT2D eigenvalue weighted by atomic mass is 10.2. The first-order chi connectivity index (χ1) is 8.81. The Bertz CT molecular complexity index is 479. The number of hydrogen-bond donors (Lipinski definition) is 1. The molecular formula is C12H17N5O. The Labute approximate surface area is 106 Å². The molecule has 6 heteroatoms. The summed E-state index contributed by atoms with van der Waals surface area (Å²) in [5, 5.41) is 11.8. The van der Waals surface area contributed by atoms with Crippen LogP contribution in [0.1, 0.15) is 12.8 Å². The monoisotopic (exact) mass is 247 g/mol. The summed E-state index contributed by atoms with van der Waals surface area (Å²) in [5.41, 5.74) is 7.37. The Kier molecular flexibility index (Phi) is 4.25. The first-order valence-electron chi connectivity index (χ1n) is 5.92. The van der Waals surface area contributed by atoms with Gasteiger partial charge in [0.25, 0.3) is 0 Å². The average molecular weight is 247 g/mol. The fraction of sp³-hybridized carbons (Fsp3) is 0.417. The van der Waals surface area contributed by atoms with Crippen molar-refractivity contribution in [3.8, 4) is 11.4 Å². The van der Waals surface area contributed by atoms with Gasteiger partial charge in [-0.15, -0.1) is 5.10 Å². The summed E-state index contributed by atoms with van der Waals surface area (Å²) in [6, 6.07) is 7.54. The topological polar surface area (TPSA) is 78.8 Å². The minimum absolute atomic E-state index is 0.734. The van der Waals surface area contributed by atoms with E-state index in [-0.39, 0.29) is 0 Å². The molecule has 0 amide bonds. The molecule has 1 aromatic carbocycles. The molecule has 0 saturated heterocycles. The van der Waals surface area contributed by atoms with Gasteiger partial charge in [0.15, 0.2) is 5.82 Å². The zero-order valence-corrected chi connectivity index (χ0v) is 10.4. The van der Waals surface area contributed by atoms with Crippen molar-refractivity contribution in [2.45, 2.75) is 19.4 Å². The molecule has 0 bridgehead atoms. The SMILES string of the molecule is COCCCCn1nnnc1-c1ccc(N)cc1. The summed E-state index contributed by atoms with van der Waals surface area (Å²) in [4.78, 5) is 0. The van der Waals surface area contributed by atoms with Gasteiger partial charge in [0.1, 0.15) is 0 Å². The van der Waals surface area contributed by atoms with Crippen LogP contribution in [0.5, 0.6) is 0 Å². The summed E-state index contributed by atoms with van der Waals surface area (Å²) < 4.78 is 6.82. The third kappa shape index (κ3) is 3.04. The van der Waals surface area contributed by atoms with Crippen molar-refractivity contribution in [3.63, 3.8) is 0 Å². The molecule has 2 aromatic rings. The number of rotatable bonds is 6. The molecule has 0 fully saturated rings. The Hall–Kier alpha value is -1.95. The normalized spacial score (nSPS) is 10.7. The van der Waals surface area contributed by atoms with E-state index < -0.39 is 0 Å². The van der Waals surface area contributed by atoms with Gasteiger partial charge in [-0.05, 0) is 47.5 Å². The molecular weight excluding hydrogens is 230 g/mol. The highest BCUT2D eigenvalue weighted by Crippen LogP contribution is 2.17. The average Bonchev–Trinajstić information content (AvgIpc) is 2.84. The molecule has 0 radical (unpaired) electrons. The van der Waals surface area contributed by atoms with Crippen LogP contribution >= 0.6 is 0 Å². The molecule has 0 atom stereocenters. The molecule has 6 nitrogen and oxygen atoms in total. The molecule has 1 aromatic heterocycles. The summed E-state index contributed by atoms with van der Waals surface area (Å²) in [7, 11) is 1.71. The number of aryl methyl sites for hydroxylation is 1. The van der Waals surface area contributed by atoms with Gasteiger partial charge in [-0.25, -0.2) is 4.68 Å². The maximum Gasteiger partial charge on any atom is 0.182 e. The van der Waals surface area contributed by atoms with Crippen LogP contribution in [0.15, 0.2) is 24.3 Å². The van der Waals surface area contributed by atoms with Gasteiger partial charge in [-0.1, -0.05) is 0 Å². The van der Waals surface area contributed by atoms with Gasteiger partial charge in [-0.3, -0.25) is 0 Å². The standard InChI is InChI=1S/C12H17N5O/c1-18-9-3-2-8-17-12(14-15-16-17)10-4-6-11(13)7-5-10/h4-7H,2-3,8-9,13H2,1H3. The number of methoxy groups -OCH3 is 1. The Morgan fingerprint density at radius 3 is 2.72 bits per heavy atom. The maximum absolute atomic E-state index is 5.66. The van der Waals surface area contributed by atoms with E-state index in [4.69, 9.17) is 10.5 Å². The number of nitrogens with zero attached hydrogens (tertiary/aromatic N) is 4. The number of nitrogen functional groups attached to an aromatic ring is 1. The third-order valence-electron chi connectivity index (χ3n) is 2.67. The van der Waals surface area contributed by atoms with Crippen LogP contribution in [0, 0.1) is 0 Å². The fourth-order valence-electron chi connectivity index (χ4n) is 1.70. The molecule has 2 N–H and O–H groups in total. The number of unbranched alkanes of at least 4 members (excludes halogenated alkanes) is 1. The van der Waals surface area contributed by atoms with Crippen LogP contribution in [0.25, 0.3) is 11.4 Å². The molecule has 0 aliphatic heterocycles. The fourth-order valence-corrected chi connectivity index (χ4v) is 1.70. The van der Waals surface area contributed by atoms with Gasteiger partial charge in [0.2, 0.25) is 0 Å². The van der Waals surface area contributed by atoms with Crippen molar-refractivity contribution >= 4 is 5.69 Å². The van der Waals surface area contributed by atoms with Crippen LogP contribution in [-0.4, -0.2) is 33.9 Å². The minimum atomic E-state index is 0.734. The summed E-state index contributed by atoms with van der Waals surface area (Å²) in [5.74, 6) is 0.771. The predicted molar refractivity (Wildman–Crippen MR) is 68.8 cm³/mol. The number of hydrogen-bond acceptors (Lipinski definition) is 5. The van der Waals surface area contributed by atoms with Gasteiger partial charge in [0, 0.05) is 31.5 Å². The van der Waals surface area contributed by atoms with E-state index in [1.807, 2.05) is 24.3 Å². The molecule has 0 unspecified atom stereocenters. The van der Waals surface area contributed by atoms with Gasteiger partial charge >= 0.3 is 0 Å². The van der Waals surface area contributed by atoms with Crippen molar-refractivity contribution in [3.05, 3.63) is 24.3 Å². The summed E-state index contributed by atoms with van der Waals surface area (Å²) >= 11 is 0. The van der Waals surface area contributed by atoms with Crippen molar-refractivity contribution in [2.75, 3.05) is 19.5 Å². The van der Waals surface area contributed by atoms with E-state index in [0.717, 1.165) is 43.1 Å². The highest BCUT2D eigenvalue weighted by atomic mass is 16.5. The second-order valence-electron chi connectivity index (χ2n) is 4.05. The van der Waals surface area contributed by atoms with Crippen LogP contribution in [0.3, 0.4) is 0 Å². The van der Waals surface area contributed by atoms with Crippen molar-refractivity contribution in [2.24, 2.45) is 0 Å². The van der Waals surface area contributed by atoms with Gasteiger partial charge in [0.05, 0.1) is 0 Å². The van der Waals surface area contributed by atoms with Crippen molar-refractivity contribution < 1.29 is 4.74 Å². The van der Waals surface area contributed by atoms with E-state index in [2.05, 4.69) is 15.5 Å². The van der Waals surface area contributed by atoms with Gasteiger partial charge in [-0.2, -0.15) is 0 Å². The number of ether oxygens (including phenoxy) is 1. The van der Waals surface area contributed by atoms with E-state index in [9.17, 15) is 0 Å². The minimum Gasteiger partial charge on any atom is -0.399 e. The zero-order valence-electron chi connectivity index (χ0n) is 10.4. The lowest BCUT2D eigenvalue weighted by molar-refractivity contribution is 0.191. The molecule has 18 heavy (non-hydrogen) atoms. The van der Waals surface area contributed by atoms with Crippen LogP contribution < -0.4 is 5.73 Å². The second-order valence-corrected chi connectivity index (χ2v) is 4.05. The van der Waals surface area contributed by atoms with Gasteiger partial charge < -0.3 is 10.5 Å². The second kappa shape index (κ2) is 6.11. The first kappa shape index (κ1) is 12.5. The Balaban J connectivity index is 2.05. The lowest BCUT2D eigenvalue weighted by Gasteiger charge is -2.04. The van der Waals surface area contributed by atoms with E-state index in [1.165, 1.54) is 0 Å². The number of tetrazole rings is 1. The maximum atomic E-state index is 5.66. The molecule has 0 spiro atoms. The Morgan fingerprint density at radius 2 is 2.00 bits per heavy atom. The van der Waals surface area contributed by atoms with Crippen molar-refractivity contribution in [1.29, 1.82) is 0 Å². The number of aromatic nitrogens is 4. The number of nitrogens with two attached hydrogens (primary N) is 1. The zero-order chi connectivity index (χ0) is 12.8. The predicted octanol–water partition coefficient (Wildman–Crippen LogP) is 1.35. The molecule has 0 saturated carbocycles. The van der Waals surface area contributed by atoms with Crippen LogP contribution in [0.4, 0.5) is 5.69 Å². The van der Waals surface area contributed by atoms with E-state index in [0.29, 0.717) is 0 Å². The first-order valence-corrected chi connectivity index (χ1v) is 5.92. The lowest BCUT2D eigenvalue weighted by Crippen LogP contribution is -2.04. The number of anilines is 1. The highest BCUT2D eigenvalue weighted by Gasteiger charge is 2.07. The molecule has 96 valence electrons. The largest absolute Gasteiger partial charge is 0.399 e. The molecule has 0 aliphatic rings. The smallest absolute Gasteiger partial charge is 0.182 e. The molecule has 2 rings (SSSR count). The van der Waals surface area contributed by atoms with Crippen LogP contribution in [-0.2, 0) is 11.3 Å². The highest BCUT2D eigenvalue weighted by molar-refractivity contribution is 5.58. The number of benzene rings is 1. The Morgan fingerprint density at radius 1 is 1.22 bits per heavy atom. The summed E-state index contributed by atoms with van der Waals surface area (Å²) in [6.07, 6.45) is 1.98. The molecule has 0 aliphatic carbocycles. The third-order valence-corrected chi connectivity index (χ3v) is 2.67. The van der Waals surface area contributed by atoms with Crippen molar-refractivity contribution in [1.82, 2.24) is 20.2 Å². The van der Waals surface area contributed by atoms with E-state index >= 15 is 0 Å².